The van der Waals surface area contributed by atoms with E-state index in [-0.39, 0.29) is 11.9 Å². The summed E-state index contributed by atoms with van der Waals surface area (Å²) in [6.07, 6.45) is 2.52. The first-order chi connectivity index (χ1) is 9.95. The Hall–Kier alpha value is -2.96. The largest absolute Gasteiger partial charge is 0.478 e. The van der Waals surface area contributed by atoms with Crippen LogP contribution in [0.5, 0.6) is 0 Å². The second kappa shape index (κ2) is 6.00. The molecule has 0 atom stereocenters. The molecular formula is C14H13N3O4. The maximum Gasteiger partial charge on any atom is 0.328 e. The molecule has 21 heavy (non-hydrogen) atoms. The van der Waals surface area contributed by atoms with Crippen molar-refractivity contribution in [2.45, 2.75) is 13.8 Å². The lowest BCUT2D eigenvalue weighted by Crippen LogP contribution is -2.12. The summed E-state index contributed by atoms with van der Waals surface area (Å²) in [5.74, 6) is -0.978. The Morgan fingerprint density at radius 1 is 1.33 bits per heavy atom. The summed E-state index contributed by atoms with van der Waals surface area (Å²) in [5.41, 5.74) is 1.92. The predicted molar refractivity (Wildman–Crippen MR) is 74.8 cm³/mol. The van der Waals surface area contributed by atoms with Crippen LogP contribution in [-0.4, -0.2) is 27.1 Å². The molecule has 7 nitrogen and oxygen atoms in total. The fourth-order valence-electron chi connectivity index (χ4n) is 1.68. The third kappa shape index (κ3) is 3.75. The quantitative estimate of drug-likeness (QED) is 0.833. The van der Waals surface area contributed by atoms with E-state index in [1.165, 1.54) is 6.08 Å². The van der Waals surface area contributed by atoms with E-state index in [0.29, 0.717) is 11.4 Å². The standard InChI is InChI=1S/C14H13N3O4/c1-8-7-11(4-3-10(8)5-6-12(18)19)13(20)16-14-15-9(2)17-21-14/h3-7H,1-2H3,(H,18,19)(H,15,16,17,20)/b6-5+. The highest BCUT2D eigenvalue weighted by Gasteiger charge is 2.11. The molecule has 0 saturated heterocycles. The Bertz CT molecular complexity index is 719. The molecule has 2 aromatic rings. The second-order valence-corrected chi connectivity index (χ2v) is 4.34. The van der Waals surface area contributed by atoms with Gasteiger partial charge in [0.15, 0.2) is 5.82 Å². The number of aromatic nitrogens is 2. The number of benzene rings is 1. The maximum atomic E-state index is 12.0. The van der Waals surface area contributed by atoms with E-state index in [2.05, 4.69) is 15.5 Å². The van der Waals surface area contributed by atoms with Crippen molar-refractivity contribution in [2.24, 2.45) is 0 Å². The number of carbonyl (C=O) groups excluding carboxylic acids is 1. The highest BCUT2D eigenvalue weighted by Crippen LogP contribution is 2.14. The van der Waals surface area contributed by atoms with Crippen LogP contribution in [0.1, 0.15) is 27.3 Å². The van der Waals surface area contributed by atoms with Crippen molar-refractivity contribution in [3.05, 3.63) is 46.8 Å². The SMILES string of the molecule is Cc1noc(NC(=O)c2ccc(/C=C/C(=O)O)c(C)c2)n1. The van der Waals surface area contributed by atoms with Crippen LogP contribution >= 0.6 is 0 Å². The first-order valence-electron chi connectivity index (χ1n) is 6.09. The van der Waals surface area contributed by atoms with Crippen LogP contribution in [0.15, 0.2) is 28.8 Å². The third-order valence-corrected chi connectivity index (χ3v) is 2.69. The number of anilines is 1. The molecular weight excluding hydrogens is 274 g/mol. The molecule has 1 aromatic heterocycles. The van der Waals surface area contributed by atoms with Gasteiger partial charge in [0.2, 0.25) is 0 Å². The Morgan fingerprint density at radius 3 is 2.67 bits per heavy atom. The lowest BCUT2D eigenvalue weighted by atomic mass is 10.0. The monoisotopic (exact) mass is 287 g/mol. The number of aliphatic carboxylic acids is 1. The zero-order valence-electron chi connectivity index (χ0n) is 11.5. The summed E-state index contributed by atoms with van der Waals surface area (Å²) >= 11 is 0. The van der Waals surface area contributed by atoms with Crippen LogP contribution in [-0.2, 0) is 4.79 Å². The Kier molecular flexibility index (Phi) is 4.13. The van der Waals surface area contributed by atoms with Gasteiger partial charge in [-0.3, -0.25) is 10.1 Å². The van der Waals surface area contributed by atoms with E-state index < -0.39 is 5.97 Å². The van der Waals surface area contributed by atoms with Gasteiger partial charge in [-0.05, 0) is 43.2 Å². The van der Waals surface area contributed by atoms with Crippen molar-refractivity contribution in [3.8, 4) is 0 Å². The van der Waals surface area contributed by atoms with Gasteiger partial charge in [0.05, 0.1) is 0 Å². The summed E-state index contributed by atoms with van der Waals surface area (Å²) in [5, 5.41) is 14.7. The zero-order chi connectivity index (χ0) is 15.4. The van der Waals surface area contributed by atoms with Crippen LogP contribution in [0.2, 0.25) is 0 Å². The molecule has 0 radical (unpaired) electrons. The summed E-state index contributed by atoms with van der Waals surface area (Å²) in [4.78, 5) is 26.4. The molecule has 1 heterocycles. The minimum atomic E-state index is -1.03. The van der Waals surface area contributed by atoms with Crippen molar-refractivity contribution >= 4 is 24.0 Å². The Labute approximate surface area is 120 Å². The zero-order valence-corrected chi connectivity index (χ0v) is 11.5. The van der Waals surface area contributed by atoms with Crippen molar-refractivity contribution in [1.82, 2.24) is 10.1 Å². The third-order valence-electron chi connectivity index (χ3n) is 2.69. The molecule has 1 aromatic carbocycles. The molecule has 1 amide bonds. The number of nitrogens with one attached hydrogen (secondary N) is 1. The summed E-state index contributed by atoms with van der Waals surface area (Å²) < 4.78 is 4.81. The van der Waals surface area contributed by atoms with Gasteiger partial charge >= 0.3 is 12.0 Å². The van der Waals surface area contributed by atoms with Crippen LogP contribution in [0.3, 0.4) is 0 Å². The van der Waals surface area contributed by atoms with Crippen molar-refractivity contribution in [2.75, 3.05) is 5.32 Å². The molecule has 0 fully saturated rings. The number of hydrogen-bond donors (Lipinski definition) is 2. The number of nitrogens with zero attached hydrogens (tertiary/aromatic N) is 2. The number of amides is 1. The number of carboxylic acid groups (broad SMARTS) is 1. The lowest BCUT2D eigenvalue weighted by molar-refractivity contribution is -0.131. The van der Waals surface area contributed by atoms with Crippen LogP contribution in [0.25, 0.3) is 6.08 Å². The first-order valence-corrected chi connectivity index (χ1v) is 6.09. The van der Waals surface area contributed by atoms with E-state index >= 15 is 0 Å². The number of hydrogen-bond acceptors (Lipinski definition) is 5. The van der Waals surface area contributed by atoms with Gasteiger partial charge in [-0.25, -0.2) is 4.79 Å². The van der Waals surface area contributed by atoms with E-state index in [1.807, 2.05) is 0 Å². The van der Waals surface area contributed by atoms with Crippen LogP contribution < -0.4 is 5.32 Å². The second-order valence-electron chi connectivity index (χ2n) is 4.34. The average Bonchev–Trinajstić information content (AvgIpc) is 2.82. The number of carbonyl (C=O) groups is 2. The van der Waals surface area contributed by atoms with Gasteiger partial charge in [0.1, 0.15) is 0 Å². The van der Waals surface area contributed by atoms with E-state index in [1.54, 1.807) is 32.0 Å². The van der Waals surface area contributed by atoms with Crippen LogP contribution in [0.4, 0.5) is 6.01 Å². The minimum absolute atomic E-state index is 0.0324. The Morgan fingerprint density at radius 2 is 2.10 bits per heavy atom. The van der Waals surface area contributed by atoms with Crippen molar-refractivity contribution in [1.29, 1.82) is 0 Å². The van der Waals surface area contributed by atoms with Gasteiger partial charge in [0.25, 0.3) is 5.91 Å². The number of aryl methyl sites for hydroxylation is 2. The molecule has 0 aliphatic heterocycles. The highest BCUT2D eigenvalue weighted by atomic mass is 16.5. The molecule has 0 spiro atoms. The summed E-state index contributed by atoms with van der Waals surface area (Å²) in [7, 11) is 0. The predicted octanol–water partition coefficient (Wildman–Crippen LogP) is 2.04. The number of carboxylic acids is 1. The van der Waals surface area contributed by atoms with Gasteiger partial charge in [0, 0.05) is 11.6 Å². The fraction of sp³-hybridized carbons (Fsp3) is 0.143. The molecule has 2 rings (SSSR count). The normalized spacial score (nSPS) is 10.8. The minimum Gasteiger partial charge on any atom is -0.478 e. The molecule has 0 aliphatic carbocycles. The molecule has 108 valence electrons. The molecule has 0 aliphatic rings. The average molecular weight is 287 g/mol. The highest BCUT2D eigenvalue weighted by molar-refractivity contribution is 6.03. The molecule has 0 bridgehead atoms. The van der Waals surface area contributed by atoms with E-state index in [9.17, 15) is 9.59 Å². The summed E-state index contributed by atoms with van der Waals surface area (Å²) in [6.45, 7) is 3.43. The van der Waals surface area contributed by atoms with Gasteiger partial charge in [-0.15, -0.1) is 0 Å². The molecule has 7 heteroatoms. The van der Waals surface area contributed by atoms with Gasteiger partial charge < -0.3 is 9.63 Å². The summed E-state index contributed by atoms with van der Waals surface area (Å²) in [6, 6.07) is 4.95. The van der Waals surface area contributed by atoms with Crippen molar-refractivity contribution in [3.63, 3.8) is 0 Å². The van der Waals surface area contributed by atoms with Crippen LogP contribution in [0, 0.1) is 13.8 Å². The van der Waals surface area contributed by atoms with E-state index in [0.717, 1.165) is 17.2 Å². The number of rotatable bonds is 4. The van der Waals surface area contributed by atoms with Gasteiger partial charge in [-0.1, -0.05) is 11.2 Å². The van der Waals surface area contributed by atoms with Gasteiger partial charge in [-0.2, -0.15) is 4.98 Å². The fourth-order valence-corrected chi connectivity index (χ4v) is 1.68. The smallest absolute Gasteiger partial charge is 0.328 e. The molecule has 0 saturated carbocycles. The topological polar surface area (TPSA) is 105 Å². The van der Waals surface area contributed by atoms with Crippen molar-refractivity contribution < 1.29 is 19.2 Å². The lowest BCUT2D eigenvalue weighted by Gasteiger charge is -2.04. The molecule has 0 unspecified atom stereocenters. The first kappa shape index (κ1) is 14.4. The maximum absolute atomic E-state index is 12.0. The Balaban J connectivity index is 2.15. The van der Waals surface area contributed by atoms with E-state index in [4.69, 9.17) is 9.63 Å². The molecule has 2 N–H and O–H groups in total.